The van der Waals surface area contributed by atoms with Crippen molar-refractivity contribution in [2.75, 3.05) is 39.6 Å². The highest BCUT2D eigenvalue weighted by atomic mass is 16.5. The second kappa shape index (κ2) is 41.7. The lowest BCUT2D eigenvalue weighted by atomic mass is 10.0. The molecule has 0 bridgehead atoms. The molecule has 7 nitrogen and oxygen atoms in total. The predicted octanol–water partition coefficient (Wildman–Crippen LogP) is 11.5. The average molecular weight is 709 g/mol. The molecule has 0 aliphatic carbocycles. The molecule has 0 aliphatic heterocycles. The summed E-state index contributed by atoms with van der Waals surface area (Å²) < 4.78 is 21.9. The second-order valence-corrected chi connectivity index (χ2v) is 13.9. The van der Waals surface area contributed by atoms with Crippen molar-refractivity contribution in [1.29, 1.82) is 0 Å². The zero-order valence-electron chi connectivity index (χ0n) is 32.8. The molecular weight excluding hydrogens is 628 g/mol. The number of unbranched alkanes of at least 4 members (excludes halogenated alkanes) is 18. The maximum Gasteiger partial charge on any atom is 0.306 e. The Morgan fingerprint density at radius 1 is 0.460 bits per heavy atom. The van der Waals surface area contributed by atoms with Crippen LogP contribution < -0.4 is 0 Å². The average Bonchev–Trinajstić information content (AvgIpc) is 3.11. The summed E-state index contributed by atoms with van der Waals surface area (Å²) in [6.07, 6.45) is 37.4. The van der Waals surface area contributed by atoms with Crippen LogP contribution >= 0.6 is 0 Å². The van der Waals surface area contributed by atoms with Gasteiger partial charge >= 0.3 is 11.9 Å². The fourth-order valence-electron chi connectivity index (χ4n) is 5.73. The van der Waals surface area contributed by atoms with E-state index in [0.717, 1.165) is 155 Å². The Balaban J connectivity index is 3.37. The molecule has 0 fully saturated rings. The van der Waals surface area contributed by atoms with Crippen LogP contribution in [0.2, 0.25) is 0 Å². The van der Waals surface area contributed by atoms with Crippen molar-refractivity contribution in [2.45, 2.75) is 200 Å². The highest BCUT2D eigenvalue weighted by molar-refractivity contribution is 5.69. The maximum absolute atomic E-state index is 11.9. The van der Waals surface area contributed by atoms with Gasteiger partial charge in [-0.3, -0.25) is 9.59 Å². The smallest absolute Gasteiger partial charge is 0.306 e. The molecule has 0 amide bonds. The molecule has 0 saturated carbocycles. The largest absolute Gasteiger partial charge is 0.461 e. The van der Waals surface area contributed by atoms with Gasteiger partial charge in [0.2, 0.25) is 0 Å². The molecule has 50 heavy (non-hydrogen) atoms. The normalized spacial score (nSPS) is 11.8. The van der Waals surface area contributed by atoms with Crippen molar-refractivity contribution in [3.63, 3.8) is 0 Å². The van der Waals surface area contributed by atoms with Gasteiger partial charge in [0.1, 0.15) is 13.2 Å². The summed E-state index contributed by atoms with van der Waals surface area (Å²) >= 11 is 0. The van der Waals surface area contributed by atoms with Crippen LogP contribution in [0, 0.1) is 0 Å². The highest BCUT2D eigenvalue weighted by Gasteiger charge is 2.06. The SMILES string of the molecule is CCCCCCOCCC/C=C/COC(=O)CCCCCCCCC(O)CCCCCCCCC(=O)OC/C=C/CCCOCCCCCC. The first kappa shape index (κ1) is 48.3. The Hall–Kier alpha value is -1.70. The van der Waals surface area contributed by atoms with E-state index in [1.54, 1.807) is 0 Å². The molecule has 294 valence electrons. The summed E-state index contributed by atoms with van der Waals surface area (Å²) in [5.74, 6) is -0.207. The van der Waals surface area contributed by atoms with E-state index in [1.165, 1.54) is 38.5 Å². The van der Waals surface area contributed by atoms with Gasteiger partial charge in [0.05, 0.1) is 6.10 Å². The molecule has 0 radical (unpaired) electrons. The molecule has 0 saturated heterocycles. The van der Waals surface area contributed by atoms with Gasteiger partial charge in [-0.2, -0.15) is 0 Å². The first-order valence-corrected chi connectivity index (χ1v) is 21.0. The molecule has 0 rings (SSSR count). The summed E-state index contributed by atoms with van der Waals surface area (Å²) in [6, 6.07) is 0. The Morgan fingerprint density at radius 2 is 0.820 bits per heavy atom. The van der Waals surface area contributed by atoms with Gasteiger partial charge in [-0.15, -0.1) is 0 Å². The van der Waals surface area contributed by atoms with Crippen LogP contribution in [-0.2, 0) is 28.5 Å². The van der Waals surface area contributed by atoms with Crippen molar-refractivity contribution in [3.05, 3.63) is 24.3 Å². The Morgan fingerprint density at radius 3 is 1.24 bits per heavy atom. The number of aliphatic hydroxyl groups is 1. The summed E-state index contributed by atoms with van der Waals surface area (Å²) in [7, 11) is 0. The highest BCUT2D eigenvalue weighted by Crippen LogP contribution is 2.15. The molecule has 7 heteroatoms. The lowest BCUT2D eigenvalue weighted by Gasteiger charge is -2.10. The van der Waals surface area contributed by atoms with E-state index in [-0.39, 0.29) is 18.0 Å². The number of allylic oxidation sites excluding steroid dienone is 2. The Bertz CT molecular complexity index is 704. The molecule has 1 N–H and O–H groups in total. The van der Waals surface area contributed by atoms with Crippen molar-refractivity contribution < 1.29 is 33.6 Å². The maximum atomic E-state index is 11.9. The fourth-order valence-corrected chi connectivity index (χ4v) is 5.73. The van der Waals surface area contributed by atoms with Crippen molar-refractivity contribution in [2.24, 2.45) is 0 Å². The van der Waals surface area contributed by atoms with Gasteiger partial charge in [-0.05, 0) is 64.2 Å². The molecule has 0 spiro atoms. The van der Waals surface area contributed by atoms with E-state index in [0.29, 0.717) is 26.1 Å². The number of carbonyl (C=O) groups excluding carboxylic acids is 2. The summed E-state index contributed by atoms with van der Waals surface area (Å²) in [5, 5.41) is 10.3. The summed E-state index contributed by atoms with van der Waals surface area (Å²) in [5.41, 5.74) is 0. The molecule has 0 unspecified atom stereocenters. The molecule has 0 aliphatic rings. The molecule has 0 aromatic carbocycles. The number of carbonyl (C=O) groups is 2. The third-order valence-corrected chi connectivity index (χ3v) is 8.95. The first-order valence-electron chi connectivity index (χ1n) is 21.0. The standard InChI is InChI=1S/C43H80O7/c1-3-5-7-25-35-47-37-27-17-19-29-39-49-42(45)33-23-15-11-9-13-21-31-41(44)32-22-14-10-12-16-24-34-43(46)50-40-30-20-18-28-38-48-36-26-8-6-4-2/h19-20,29-30,41,44H,3-18,21-28,31-40H2,1-2H3/b29-19+,30-20+. The van der Waals surface area contributed by atoms with Gasteiger partial charge in [0.25, 0.3) is 0 Å². The molecule has 0 aromatic rings. The predicted molar refractivity (Wildman–Crippen MR) is 208 cm³/mol. The lowest BCUT2D eigenvalue weighted by molar-refractivity contribution is -0.143. The van der Waals surface area contributed by atoms with Crippen LogP contribution in [-0.4, -0.2) is 62.8 Å². The third kappa shape index (κ3) is 40.7. The minimum atomic E-state index is -0.190. The van der Waals surface area contributed by atoms with E-state index in [9.17, 15) is 14.7 Å². The van der Waals surface area contributed by atoms with Gasteiger partial charge in [0, 0.05) is 39.3 Å². The van der Waals surface area contributed by atoms with Crippen molar-refractivity contribution >= 4 is 11.9 Å². The zero-order chi connectivity index (χ0) is 36.4. The van der Waals surface area contributed by atoms with Crippen LogP contribution in [0.25, 0.3) is 0 Å². The quantitative estimate of drug-likeness (QED) is 0.0385. The number of esters is 2. The van der Waals surface area contributed by atoms with Crippen LogP contribution in [0.4, 0.5) is 0 Å². The van der Waals surface area contributed by atoms with Crippen LogP contribution in [0.15, 0.2) is 24.3 Å². The van der Waals surface area contributed by atoms with Crippen LogP contribution in [0.5, 0.6) is 0 Å². The topological polar surface area (TPSA) is 91.3 Å². The van der Waals surface area contributed by atoms with E-state index in [4.69, 9.17) is 18.9 Å². The molecular formula is C43H80O7. The zero-order valence-corrected chi connectivity index (χ0v) is 32.8. The van der Waals surface area contributed by atoms with Gasteiger partial charge in [-0.25, -0.2) is 0 Å². The first-order chi connectivity index (χ1) is 24.6. The van der Waals surface area contributed by atoms with Crippen molar-refractivity contribution in [1.82, 2.24) is 0 Å². The van der Waals surface area contributed by atoms with Gasteiger partial charge in [0.15, 0.2) is 0 Å². The van der Waals surface area contributed by atoms with Crippen LogP contribution in [0.3, 0.4) is 0 Å². The Kier molecular flexibility index (Phi) is 40.3. The number of ether oxygens (including phenoxy) is 4. The van der Waals surface area contributed by atoms with E-state index >= 15 is 0 Å². The monoisotopic (exact) mass is 709 g/mol. The minimum Gasteiger partial charge on any atom is -0.461 e. The third-order valence-electron chi connectivity index (χ3n) is 8.95. The number of hydrogen-bond acceptors (Lipinski definition) is 7. The molecule has 0 atom stereocenters. The van der Waals surface area contributed by atoms with Crippen LogP contribution in [0.1, 0.15) is 194 Å². The number of rotatable bonds is 40. The minimum absolute atomic E-state index is 0.104. The molecule has 0 heterocycles. The lowest BCUT2D eigenvalue weighted by Crippen LogP contribution is -2.06. The second-order valence-electron chi connectivity index (χ2n) is 13.9. The Labute approximate surface area is 308 Å². The summed E-state index contributed by atoms with van der Waals surface area (Å²) in [4.78, 5) is 23.8. The van der Waals surface area contributed by atoms with E-state index in [1.807, 2.05) is 12.2 Å². The van der Waals surface area contributed by atoms with E-state index < -0.39 is 0 Å². The summed E-state index contributed by atoms with van der Waals surface area (Å²) in [6.45, 7) is 8.51. The number of hydrogen-bond donors (Lipinski definition) is 1. The fraction of sp³-hybridized carbons (Fsp3) is 0.860. The number of aliphatic hydroxyl groups excluding tert-OH is 1. The molecule has 0 aromatic heterocycles. The van der Waals surface area contributed by atoms with Gasteiger partial charge < -0.3 is 24.1 Å². The van der Waals surface area contributed by atoms with Crippen molar-refractivity contribution in [3.8, 4) is 0 Å². The van der Waals surface area contributed by atoms with Gasteiger partial charge in [-0.1, -0.05) is 141 Å². The van der Waals surface area contributed by atoms with E-state index in [2.05, 4.69) is 26.0 Å².